The van der Waals surface area contributed by atoms with Crippen LogP contribution in [0.3, 0.4) is 0 Å². The number of hydrogen-bond acceptors (Lipinski definition) is 2. The summed E-state index contributed by atoms with van der Waals surface area (Å²) in [5, 5.41) is -0.200. The van der Waals surface area contributed by atoms with Crippen molar-refractivity contribution in [3.05, 3.63) is 21.9 Å². The second kappa shape index (κ2) is 4.44. The van der Waals surface area contributed by atoms with E-state index in [9.17, 15) is 4.57 Å². The number of halogens is 3. The third-order valence-corrected chi connectivity index (χ3v) is 3.03. The molecule has 4 nitrogen and oxygen atoms in total. The van der Waals surface area contributed by atoms with Gasteiger partial charge in [0.25, 0.3) is 0 Å². The highest BCUT2D eigenvalue weighted by Gasteiger charge is 2.27. The summed E-state index contributed by atoms with van der Waals surface area (Å²) in [6.07, 6.45) is 1.39. The molecule has 0 aromatic carbocycles. The molecule has 1 aliphatic rings. The minimum absolute atomic E-state index is 0.0746. The Balaban J connectivity index is 2.89. The first-order chi connectivity index (χ1) is 6.29. The second-order valence-electron chi connectivity index (χ2n) is 2.55. The largest absolute Gasteiger partial charge is 0.524 e. The average molecular weight is 279 g/mol. The molecule has 1 aliphatic carbocycles. The SMILES string of the molecule is O=P(O)(O)OC1=CC(Cl)=C(Cl)C[C@@H]1Cl. The van der Waals surface area contributed by atoms with Gasteiger partial charge in [-0.3, -0.25) is 9.79 Å². The molecule has 0 saturated carbocycles. The lowest BCUT2D eigenvalue weighted by molar-refractivity contribution is 0.237. The van der Waals surface area contributed by atoms with Crippen molar-refractivity contribution in [1.82, 2.24) is 0 Å². The zero-order valence-corrected chi connectivity index (χ0v) is 9.82. The van der Waals surface area contributed by atoms with Gasteiger partial charge in [-0.1, -0.05) is 23.2 Å². The molecule has 80 valence electrons. The van der Waals surface area contributed by atoms with Crippen LogP contribution in [-0.4, -0.2) is 15.2 Å². The van der Waals surface area contributed by atoms with Gasteiger partial charge in [0.2, 0.25) is 0 Å². The molecule has 0 spiro atoms. The number of hydrogen-bond donors (Lipinski definition) is 2. The summed E-state index contributed by atoms with van der Waals surface area (Å²) in [5.74, 6) is -0.0746. The number of rotatable bonds is 2. The van der Waals surface area contributed by atoms with Gasteiger partial charge < -0.3 is 4.52 Å². The topological polar surface area (TPSA) is 66.8 Å². The molecule has 14 heavy (non-hydrogen) atoms. The van der Waals surface area contributed by atoms with Crippen molar-refractivity contribution in [1.29, 1.82) is 0 Å². The molecule has 0 bridgehead atoms. The summed E-state index contributed by atoms with van der Waals surface area (Å²) in [6.45, 7) is 0. The van der Waals surface area contributed by atoms with Crippen LogP contribution in [0.1, 0.15) is 6.42 Å². The Kier molecular flexibility index (Phi) is 3.92. The molecule has 8 heteroatoms. The maximum atomic E-state index is 10.5. The van der Waals surface area contributed by atoms with E-state index in [4.69, 9.17) is 44.6 Å². The standard InChI is InChI=1S/C6H6Cl3O4P/c7-3-1-5(9)6(2-4(3)8)13-14(10,11)12/h2,5H,1H2,(H2,10,11,12)/t5-/m0/s1. The monoisotopic (exact) mass is 278 g/mol. The predicted molar refractivity (Wildman–Crippen MR) is 54.2 cm³/mol. The van der Waals surface area contributed by atoms with E-state index in [1.165, 1.54) is 6.08 Å². The van der Waals surface area contributed by atoms with Crippen LogP contribution in [0, 0.1) is 0 Å². The Bertz CT molecular complexity index is 345. The molecule has 0 aliphatic heterocycles. The first-order valence-electron chi connectivity index (χ1n) is 3.44. The minimum Gasteiger partial charge on any atom is -0.407 e. The Hall–Kier alpha value is 0.300. The number of phosphoric acid groups is 1. The summed E-state index contributed by atoms with van der Waals surface area (Å²) in [5.41, 5.74) is 0. The van der Waals surface area contributed by atoms with Crippen molar-refractivity contribution < 1.29 is 18.9 Å². The van der Waals surface area contributed by atoms with Crippen LogP contribution < -0.4 is 0 Å². The van der Waals surface area contributed by atoms with Crippen molar-refractivity contribution in [3.63, 3.8) is 0 Å². The minimum atomic E-state index is -4.59. The van der Waals surface area contributed by atoms with Crippen molar-refractivity contribution in [3.8, 4) is 0 Å². The van der Waals surface area contributed by atoms with Crippen molar-refractivity contribution in [2.45, 2.75) is 11.8 Å². The summed E-state index contributed by atoms with van der Waals surface area (Å²) in [4.78, 5) is 17.1. The first kappa shape index (κ1) is 12.4. The molecule has 0 fully saturated rings. The quantitative estimate of drug-likeness (QED) is 0.602. The van der Waals surface area contributed by atoms with Gasteiger partial charge in [0, 0.05) is 11.5 Å². The van der Waals surface area contributed by atoms with Gasteiger partial charge >= 0.3 is 7.82 Å². The lowest BCUT2D eigenvalue weighted by atomic mass is 10.1. The van der Waals surface area contributed by atoms with E-state index in [0.29, 0.717) is 5.03 Å². The van der Waals surface area contributed by atoms with Crippen LogP contribution in [0.4, 0.5) is 0 Å². The Morgan fingerprint density at radius 3 is 2.57 bits per heavy atom. The molecular weight excluding hydrogens is 273 g/mol. The molecule has 0 heterocycles. The fraction of sp³-hybridized carbons (Fsp3) is 0.333. The van der Waals surface area contributed by atoms with E-state index >= 15 is 0 Å². The Morgan fingerprint density at radius 2 is 2.07 bits per heavy atom. The molecule has 0 aromatic heterocycles. The highest BCUT2D eigenvalue weighted by molar-refractivity contribution is 7.46. The smallest absolute Gasteiger partial charge is 0.407 e. The van der Waals surface area contributed by atoms with Crippen LogP contribution in [0.15, 0.2) is 21.9 Å². The normalized spacial score (nSPS) is 23.5. The lowest BCUT2D eigenvalue weighted by Gasteiger charge is -2.19. The van der Waals surface area contributed by atoms with Crippen molar-refractivity contribution in [2.24, 2.45) is 0 Å². The van der Waals surface area contributed by atoms with Crippen molar-refractivity contribution >= 4 is 42.6 Å². The number of allylic oxidation sites excluding steroid dienone is 4. The Morgan fingerprint density at radius 1 is 1.50 bits per heavy atom. The molecule has 1 rings (SSSR count). The predicted octanol–water partition coefficient (Wildman–Crippen LogP) is 2.68. The lowest BCUT2D eigenvalue weighted by Crippen LogP contribution is -2.10. The first-order valence-corrected chi connectivity index (χ1v) is 6.17. The zero-order valence-electron chi connectivity index (χ0n) is 6.65. The van der Waals surface area contributed by atoms with Gasteiger partial charge in [-0.05, 0) is 6.08 Å². The summed E-state index contributed by atoms with van der Waals surface area (Å²) in [7, 11) is -4.59. The Labute approximate surface area is 95.3 Å². The molecule has 1 atom stereocenters. The molecule has 0 unspecified atom stereocenters. The summed E-state index contributed by atoms with van der Waals surface area (Å²) in [6, 6.07) is 0. The van der Waals surface area contributed by atoms with Gasteiger partial charge in [0.1, 0.15) is 5.76 Å². The molecular formula is C6H6Cl3O4P. The van der Waals surface area contributed by atoms with Gasteiger partial charge in [0.15, 0.2) is 0 Å². The van der Waals surface area contributed by atoms with Crippen LogP contribution in [0.5, 0.6) is 0 Å². The van der Waals surface area contributed by atoms with Gasteiger partial charge in [-0.2, -0.15) is 0 Å². The maximum absolute atomic E-state index is 10.5. The number of alkyl halides is 1. The third-order valence-electron chi connectivity index (χ3n) is 1.42. The molecule has 0 aromatic rings. The zero-order chi connectivity index (χ0) is 10.9. The summed E-state index contributed by atoms with van der Waals surface area (Å²) < 4.78 is 14.8. The van der Waals surface area contributed by atoms with Gasteiger partial charge in [0.05, 0.1) is 10.4 Å². The van der Waals surface area contributed by atoms with Crippen LogP contribution in [-0.2, 0) is 9.09 Å². The molecule has 0 amide bonds. The molecule has 0 radical (unpaired) electrons. The maximum Gasteiger partial charge on any atom is 0.524 e. The number of phosphoric ester groups is 1. The average Bonchev–Trinajstić information content (AvgIpc) is 1.97. The van der Waals surface area contributed by atoms with E-state index in [2.05, 4.69) is 4.52 Å². The second-order valence-corrected chi connectivity index (χ2v) is 5.11. The highest BCUT2D eigenvalue weighted by Crippen LogP contribution is 2.44. The fourth-order valence-electron chi connectivity index (χ4n) is 0.870. The fourth-order valence-corrected chi connectivity index (χ4v) is 2.12. The van der Waals surface area contributed by atoms with Crippen LogP contribution >= 0.6 is 42.6 Å². The van der Waals surface area contributed by atoms with E-state index in [-0.39, 0.29) is 17.2 Å². The third kappa shape index (κ3) is 3.46. The van der Waals surface area contributed by atoms with Crippen LogP contribution in [0.25, 0.3) is 0 Å². The molecule has 2 N–H and O–H groups in total. The van der Waals surface area contributed by atoms with Gasteiger partial charge in [-0.25, -0.2) is 4.57 Å². The summed E-state index contributed by atoms with van der Waals surface area (Å²) >= 11 is 17.0. The van der Waals surface area contributed by atoms with E-state index in [1.807, 2.05) is 0 Å². The van der Waals surface area contributed by atoms with Gasteiger partial charge in [-0.15, -0.1) is 11.6 Å². The van der Waals surface area contributed by atoms with Crippen LogP contribution in [0.2, 0.25) is 0 Å². The van der Waals surface area contributed by atoms with E-state index in [1.54, 1.807) is 0 Å². The van der Waals surface area contributed by atoms with Crippen molar-refractivity contribution in [2.75, 3.05) is 0 Å². The van der Waals surface area contributed by atoms with E-state index in [0.717, 1.165) is 0 Å². The molecule has 0 saturated heterocycles. The highest BCUT2D eigenvalue weighted by atomic mass is 35.5. The van der Waals surface area contributed by atoms with E-state index < -0.39 is 13.2 Å².